The summed E-state index contributed by atoms with van der Waals surface area (Å²) in [5.74, 6) is 0.547. The average molecular weight is 238 g/mol. The molecule has 0 aliphatic carbocycles. The first-order valence-electron chi connectivity index (χ1n) is 5.81. The van der Waals surface area contributed by atoms with E-state index in [1.54, 1.807) is 0 Å². The zero-order valence-corrected chi connectivity index (χ0v) is 10.5. The van der Waals surface area contributed by atoms with E-state index in [2.05, 4.69) is 14.9 Å². The molecule has 3 rings (SSSR count). The van der Waals surface area contributed by atoms with Gasteiger partial charge in [0, 0.05) is 13.1 Å². The Morgan fingerprint density at radius 3 is 2.81 bits per heavy atom. The molecule has 2 fully saturated rings. The van der Waals surface area contributed by atoms with Crippen molar-refractivity contribution in [2.24, 2.45) is 5.92 Å². The van der Waals surface area contributed by atoms with Crippen molar-refractivity contribution in [2.75, 3.05) is 19.6 Å². The molecule has 1 aromatic rings. The van der Waals surface area contributed by atoms with E-state index < -0.39 is 0 Å². The minimum atomic E-state index is -0.288. The minimum Gasteiger partial charge on any atom is -0.301 e. The zero-order valence-electron chi connectivity index (χ0n) is 9.70. The molecule has 2 bridgehead atoms. The van der Waals surface area contributed by atoms with E-state index in [1.165, 1.54) is 13.0 Å². The largest absolute Gasteiger partial charge is 0.301 e. The molecule has 16 heavy (non-hydrogen) atoms. The van der Waals surface area contributed by atoms with Gasteiger partial charge in [-0.3, -0.25) is 9.97 Å². The highest BCUT2D eigenvalue weighted by molar-refractivity contribution is 6.24. The second-order valence-electron chi connectivity index (χ2n) is 5.01. The van der Waals surface area contributed by atoms with Crippen LogP contribution in [0.4, 0.5) is 0 Å². The first-order chi connectivity index (χ1) is 7.59. The van der Waals surface area contributed by atoms with Crippen molar-refractivity contribution in [3.63, 3.8) is 0 Å². The summed E-state index contributed by atoms with van der Waals surface area (Å²) in [4.78, 5) is 11.1. The third-order valence-corrected chi connectivity index (χ3v) is 4.61. The molecular weight excluding hydrogens is 222 g/mol. The van der Waals surface area contributed by atoms with Gasteiger partial charge in [-0.15, -0.1) is 11.6 Å². The number of fused-ring (bicyclic) bond motifs is 2. The van der Waals surface area contributed by atoms with Crippen LogP contribution < -0.4 is 0 Å². The lowest BCUT2D eigenvalue weighted by Gasteiger charge is -2.30. The summed E-state index contributed by atoms with van der Waals surface area (Å²) in [6.07, 6.45) is 3.05. The molecule has 2 aliphatic heterocycles. The lowest BCUT2D eigenvalue weighted by Crippen LogP contribution is -2.35. The van der Waals surface area contributed by atoms with Gasteiger partial charge in [-0.25, -0.2) is 0 Å². The van der Waals surface area contributed by atoms with E-state index in [1.807, 2.05) is 20.0 Å². The van der Waals surface area contributed by atoms with Gasteiger partial charge in [0.25, 0.3) is 0 Å². The molecule has 0 aromatic carbocycles. The predicted molar refractivity (Wildman–Crippen MR) is 63.6 cm³/mol. The van der Waals surface area contributed by atoms with Crippen LogP contribution in [0.5, 0.6) is 0 Å². The normalized spacial score (nSPS) is 36.9. The molecular formula is C12H16ClN3. The summed E-state index contributed by atoms with van der Waals surface area (Å²) in [6, 6.07) is 0. The number of hydrogen-bond acceptors (Lipinski definition) is 3. The Hall–Kier alpha value is -0.670. The second-order valence-corrected chi connectivity index (χ2v) is 5.68. The fraction of sp³-hybridized carbons (Fsp3) is 0.667. The van der Waals surface area contributed by atoms with Crippen LogP contribution in [0, 0.1) is 19.8 Å². The van der Waals surface area contributed by atoms with Gasteiger partial charge < -0.3 is 4.90 Å². The predicted octanol–water partition coefficient (Wildman–Crippen LogP) is 1.86. The Bertz CT molecular complexity index is 434. The first kappa shape index (κ1) is 10.5. The number of hydrogen-bond donors (Lipinski definition) is 0. The van der Waals surface area contributed by atoms with Crippen molar-refractivity contribution in [1.29, 1.82) is 0 Å². The summed E-state index contributed by atoms with van der Waals surface area (Å²) in [5.41, 5.74) is 2.95. The van der Waals surface area contributed by atoms with Crippen molar-refractivity contribution in [2.45, 2.75) is 25.1 Å². The summed E-state index contributed by atoms with van der Waals surface area (Å²) >= 11 is 6.77. The van der Waals surface area contributed by atoms with Crippen LogP contribution in [0.2, 0.25) is 0 Å². The topological polar surface area (TPSA) is 29.0 Å². The maximum absolute atomic E-state index is 6.77. The van der Waals surface area contributed by atoms with Crippen molar-refractivity contribution in [3.05, 3.63) is 23.3 Å². The molecule has 2 saturated heterocycles. The standard InChI is InChI=1S/C12H16ClN3/c1-8-9(2)15-11(5-14-8)12(13)7-16-4-3-10(12)6-16/h5,10H,3-4,6-7H2,1-2H3. The van der Waals surface area contributed by atoms with Gasteiger partial charge in [-0.2, -0.15) is 0 Å². The highest BCUT2D eigenvalue weighted by atomic mass is 35.5. The molecule has 0 amide bonds. The molecule has 0 saturated carbocycles. The summed E-state index contributed by atoms with van der Waals surface area (Å²) in [6.45, 7) is 7.23. The summed E-state index contributed by atoms with van der Waals surface area (Å²) < 4.78 is 0. The van der Waals surface area contributed by atoms with E-state index in [0.29, 0.717) is 5.92 Å². The van der Waals surface area contributed by atoms with Crippen molar-refractivity contribution < 1.29 is 0 Å². The zero-order chi connectivity index (χ0) is 11.3. The number of aryl methyl sites for hydroxylation is 2. The van der Waals surface area contributed by atoms with E-state index in [0.717, 1.165) is 30.2 Å². The van der Waals surface area contributed by atoms with E-state index in [4.69, 9.17) is 11.6 Å². The Morgan fingerprint density at radius 1 is 1.44 bits per heavy atom. The fourth-order valence-electron chi connectivity index (χ4n) is 2.84. The van der Waals surface area contributed by atoms with Gasteiger partial charge >= 0.3 is 0 Å². The molecule has 0 radical (unpaired) electrons. The SMILES string of the molecule is Cc1ncc(C2(Cl)CN3CCC2C3)nc1C. The second kappa shape index (κ2) is 3.41. The van der Waals surface area contributed by atoms with Gasteiger partial charge in [-0.1, -0.05) is 0 Å². The van der Waals surface area contributed by atoms with Crippen molar-refractivity contribution >= 4 is 11.6 Å². The number of rotatable bonds is 1. The van der Waals surface area contributed by atoms with Crippen LogP contribution in [0.3, 0.4) is 0 Å². The van der Waals surface area contributed by atoms with Gasteiger partial charge in [0.05, 0.1) is 23.3 Å². The highest BCUT2D eigenvalue weighted by Crippen LogP contribution is 2.47. The molecule has 3 atom stereocenters. The monoisotopic (exact) mass is 237 g/mol. The van der Waals surface area contributed by atoms with Gasteiger partial charge in [0.1, 0.15) is 4.87 Å². The van der Waals surface area contributed by atoms with Crippen LogP contribution in [-0.4, -0.2) is 34.5 Å². The lowest BCUT2D eigenvalue weighted by atomic mass is 9.89. The van der Waals surface area contributed by atoms with Gasteiger partial charge in [0.15, 0.2) is 0 Å². The maximum atomic E-state index is 6.77. The van der Waals surface area contributed by atoms with E-state index >= 15 is 0 Å². The van der Waals surface area contributed by atoms with Gasteiger partial charge in [-0.05, 0) is 32.7 Å². The Balaban J connectivity index is 2.00. The van der Waals surface area contributed by atoms with E-state index in [-0.39, 0.29) is 4.87 Å². The quantitative estimate of drug-likeness (QED) is 0.699. The van der Waals surface area contributed by atoms with Crippen LogP contribution >= 0.6 is 11.6 Å². The molecule has 0 N–H and O–H groups in total. The van der Waals surface area contributed by atoms with Crippen LogP contribution in [-0.2, 0) is 4.87 Å². The third-order valence-electron chi connectivity index (χ3n) is 3.99. The molecule has 3 nitrogen and oxygen atoms in total. The van der Waals surface area contributed by atoms with E-state index in [9.17, 15) is 0 Å². The molecule has 2 aliphatic rings. The Morgan fingerprint density at radius 2 is 2.25 bits per heavy atom. The number of piperidine rings is 1. The third kappa shape index (κ3) is 1.38. The molecule has 3 unspecified atom stereocenters. The molecule has 0 spiro atoms. The fourth-order valence-corrected chi connectivity index (χ4v) is 3.27. The maximum Gasteiger partial charge on any atom is 0.105 e. The smallest absolute Gasteiger partial charge is 0.105 e. The Kier molecular flexibility index (Phi) is 2.23. The lowest BCUT2D eigenvalue weighted by molar-refractivity contribution is 0.320. The number of aromatic nitrogens is 2. The Labute approximate surface area is 101 Å². The number of nitrogens with zero attached hydrogens (tertiary/aromatic N) is 3. The molecule has 3 heterocycles. The molecule has 86 valence electrons. The van der Waals surface area contributed by atoms with Crippen molar-refractivity contribution in [3.8, 4) is 0 Å². The summed E-state index contributed by atoms with van der Waals surface area (Å²) in [7, 11) is 0. The molecule has 1 aromatic heterocycles. The highest BCUT2D eigenvalue weighted by Gasteiger charge is 2.51. The number of halogens is 1. The van der Waals surface area contributed by atoms with Gasteiger partial charge in [0.2, 0.25) is 0 Å². The molecule has 4 heteroatoms. The summed E-state index contributed by atoms with van der Waals surface area (Å²) in [5, 5.41) is 0. The average Bonchev–Trinajstić information content (AvgIpc) is 2.82. The van der Waals surface area contributed by atoms with Crippen LogP contribution in [0.15, 0.2) is 6.20 Å². The van der Waals surface area contributed by atoms with Crippen LogP contribution in [0.1, 0.15) is 23.5 Å². The first-order valence-corrected chi connectivity index (χ1v) is 6.19. The van der Waals surface area contributed by atoms with Crippen molar-refractivity contribution in [1.82, 2.24) is 14.9 Å². The van der Waals surface area contributed by atoms with Crippen LogP contribution in [0.25, 0.3) is 0 Å². The minimum absolute atomic E-state index is 0.288. The number of alkyl halides is 1.